The molecule has 0 radical (unpaired) electrons. The molecule has 0 bridgehead atoms. The van der Waals surface area contributed by atoms with Crippen LogP contribution in [0.15, 0.2) is 0 Å². The highest BCUT2D eigenvalue weighted by Gasteiger charge is 1.58. The van der Waals surface area contributed by atoms with Gasteiger partial charge in [-0.2, -0.15) is 0 Å². The van der Waals surface area contributed by atoms with Crippen LogP contribution in [0.4, 0.5) is 0 Å². The smallest absolute Gasteiger partial charge is 0.00659 e. The SMILES string of the molecule is Br.Br.PCCBr. The predicted molar refractivity (Wildman–Crippen MR) is 49.0 cm³/mol. The summed E-state index contributed by atoms with van der Waals surface area (Å²) < 4.78 is 0. The van der Waals surface area contributed by atoms with Gasteiger partial charge in [0.05, 0.1) is 0 Å². The van der Waals surface area contributed by atoms with Crippen LogP contribution in [0.5, 0.6) is 0 Å². The topological polar surface area (TPSA) is 0 Å². The average molecular weight is 303 g/mol. The Morgan fingerprint density at radius 1 is 1.33 bits per heavy atom. The van der Waals surface area contributed by atoms with Crippen molar-refractivity contribution in [1.29, 1.82) is 0 Å². The van der Waals surface area contributed by atoms with Crippen molar-refractivity contribution in [2.24, 2.45) is 0 Å². The Labute approximate surface area is 70.3 Å². The number of alkyl halides is 1. The normalized spacial score (nSPS) is 5.00. The van der Waals surface area contributed by atoms with Crippen LogP contribution in [0.1, 0.15) is 0 Å². The van der Waals surface area contributed by atoms with Crippen molar-refractivity contribution in [3.05, 3.63) is 0 Å². The Kier molecular flexibility index (Phi) is 41.3. The lowest BCUT2D eigenvalue weighted by Gasteiger charge is -1.66. The third-order valence-corrected chi connectivity index (χ3v) is 1.70. The summed E-state index contributed by atoms with van der Waals surface area (Å²) >= 11 is 3.23. The first-order chi connectivity index (χ1) is 1.91. The molecule has 0 saturated heterocycles. The minimum Gasteiger partial charge on any atom is -0.137 e. The molecule has 0 aliphatic rings. The maximum atomic E-state index is 3.23. The van der Waals surface area contributed by atoms with Crippen molar-refractivity contribution < 1.29 is 0 Å². The second-order valence-corrected chi connectivity index (χ2v) is 1.85. The molecule has 0 heterocycles. The summed E-state index contributed by atoms with van der Waals surface area (Å²) in [6.07, 6.45) is 1.15. The van der Waals surface area contributed by atoms with E-state index >= 15 is 0 Å². The molecule has 0 aromatic carbocycles. The fraction of sp³-hybridized carbons (Fsp3) is 1.00. The van der Waals surface area contributed by atoms with Crippen molar-refractivity contribution in [3.8, 4) is 0 Å². The van der Waals surface area contributed by atoms with Gasteiger partial charge in [-0.15, -0.1) is 43.2 Å². The summed E-state index contributed by atoms with van der Waals surface area (Å²) in [4.78, 5) is 0. The first kappa shape index (κ1) is 15.7. The minimum absolute atomic E-state index is 0. The summed E-state index contributed by atoms with van der Waals surface area (Å²) in [5, 5.41) is 1.09. The third kappa shape index (κ3) is 16.9. The Hall–Kier alpha value is 1.87. The Morgan fingerprint density at radius 2 is 1.50 bits per heavy atom. The van der Waals surface area contributed by atoms with Gasteiger partial charge in [0.2, 0.25) is 0 Å². The number of hydrogen-bond donors (Lipinski definition) is 0. The zero-order chi connectivity index (χ0) is 3.41. The zero-order valence-electron chi connectivity index (χ0n) is 3.19. The molecule has 42 valence electrons. The predicted octanol–water partition coefficient (Wildman–Crippen LogP) is 2.41. The van der Waals surface area contributed by atoms with Crippen molar-refractivity contribution in [2.45, 2.75) is 0 Å². The van der Waals surface area contributed by atoms with E-state index in [0.717, 1.165) is 11.5 Å². The molecule has 0 aliphatic carbocycles. The van der Waals surface area contributed by atoms with Gasteiger partial charge in [0, 0.05) is 5.33 Å². The molecule has 0 aromatic rings. The van der Waals surface area contributed by atoms with Crippen LogP contribution in [-0.4, -0.2) is 11.5 Å². The van der Waals surface area contributed by atoms with E-state index < -0.39 is 0 Å². The molecular formula is C2H8Br3P. The van der Waals surface area contributed by atoms with Crippen molar-refractivity contribution >= 4 is 59.1 Å². The van der Waals surface area contributed by atoms with E-state index in [4.69, 9.17) is 0 Å². The molecule has 1 unspecified atom stereocenters. The summed E-state index contributed by atoms with van der Waals surface area (Å²) in [6.45, 7) is 0. The quantitative estimate of drug-likeness (QED) is 0.515. The summed E-state index contributed by atoms with van der Waals surface area (Å²) in [5.41, 5.74) is 0. The van der Waals surface area contributed by atoms with Gasteiger partial charge >= 0.3 is 0 Å². The molecule has 0 spiro atoms. The Balaban J connectivity index is -0.0000000450. The monoisotopic (exact) mass is 300 g/mol. The highest BCUT2D eigenvalue weighted by molar-refractivity contribution is 9.09. The van der Waals surface area contributed by atoms with Crippen LogP contribution in [0.25, 0.3) is 0 Å². The first-order valence-electron chi connectivity index (χ1n) is 1.18. The summed E-state index contributed by atoms with van der Waals surface area (Å²) in [6, 6.07) is 0. The first-order valence-corrected chi connectivity index (χ1v) is 3.11. The van der Waals surface area contributed by atoms with Crippen molar-refractivity contribution in [1.82, 2.24) is 0 Å². The van der Waals surface area contributed by atoms with E-state index in [-0.39, 0.29) is 34.0 Å². The molecule has 0 nitrogen and oxygen atoms in total. The molecule has 0 rings (SSSR count). The van der Waals surface area contributed by atoms with Crippen LogP contribution < -0.4 is 0 Å². The largest absolute Gasteiger partial charge is 0.137 e. The van der Waals surface area contributed by atoms with E-state index in [9.17, 15) is 0 Å². The fourth-order valence-corrected chi connectivity index (χ4v) is 0. The van der Waals surface area contributed by atoms with Crippen LogP contribution in [0, 0.1) is 0 Å². The molecule has 6 heavy (non-hydrogen) atoms. The number of hydrogen-bond acceptors (Lipinski definition) is 0. The van der Waals surface area contributed by atoms with Crippen molar-refractivity contribution in [3.63, 3.8) is 0 Å². The molecule has 0 aromatic heterocycles. The molecule has 0 N–H and O–H groups in total. The highest BCUT2D eigenvalue weighted by atomic mass is 79.9. The molecule has 0 fully saturated rings. The van der Waals surface area contributed by atoms with Crippen LogP contribution in [0.3, 0.4) is 0 Å². The van der Waals surface area contributed by atoms with Gasteiger partial charge in [-0.3, -0.25) is 0 Å². The van der Waals surface area contributed by atoms with Gasteiger partial charge < -0.3 is 0 Å². The molecule has 1 atom stereocenters. The number of halogens is 3. The Bertz CT molecular complexity index is 10.8. The summed E-state index contributed by atoms with van der Waals surface area (Å²) in [7, 11) is 2.61. The van der Waals surface area contributed by atoms with Crippen LogP contribution >= 0.6 is 59.1 Å². The minimum atomic E-state index is 0. The average Bonchev–Trinajstić information content (AvgIpc) is 1.37. The standard InChI is InChI=1S/C2H6BrP.2BrH/c3-1-2-4;;/h1-2,4H2;2*1H. The number of rotatable bonds is 1. The maximum Gasteiger partial charge on any atom is 0.00659 e. The van der Waals surface area contributed by atoms with E-state index in [1.165, 1.54) is 0 Å². The van der Waals surface area contributed by atoms with Crippen LogP contribution in [0.2, 0.25) is 0 Å². The van der Waals surface area contributed by atoms with Crippen molar-refractivity contribution in [2.75, 3.05) is 11.5 Å². The lowest BCUT2D eigenvalue weighted by Crippen LogP contribution is -1.61. The lowest BCUT2D eigenvalue weighted by atomic mass is 11.0. The van der Waals surface area contributed by atoms with Gasteiger partial charge in [-0.25, -0.2) is 0 Å². The van der Waals surface area contributed by atoms with Gasteiger partial charge in [-0.05, 0) is 6.16 Å². The van der Waals surface area contributed by atoms with E-state index in [1.807, 2.05) is 0 Å². The molecule has 0 saturated carbocycles. The van der Waals surface area contributed by atoms with Gasteiger partial charge in [0.15, 0.2) is 0 Å². The molecule has 0 amide bonds. The molecule has 4 heteroatoms. The second kappa shape index (κ2) is 15.8. The second-order valence-electron chi connectivity index (χ2n) is 0.478. The van der Waals surface area contributed by atoms with E-state index in [0.29, 0.717) is 0 Å². The van der Waals surface area contributed by atoms with Crippen LogP contribution in [-0.2, 0) is 0 Å². The molecule has 0 aliphatic heterocycles. The molecular weight excluding hydrogens is 295 g/mol. The maximum absolute atomic E-state index is 3.23. The fourth-order valence-electron chi connectivity index (χ4n) is 0. The van der Waals surface area contributed by atoms with E-state index in [1.54, 1.807) is 0 Å². The third-order valence-electron chi connectivity index (χ3n) is 0.109. The van der Waals surface area contributed by atoms with Gasteiger partial charge in [0.25, 0.3) is 0 Å². The zero-order valence-corrected chi connectivity index (χ0v) is 9.35. The van der Waals surface area contributed by atoms with Gasteiger partial charge in [0.1, 0.15) is 0 Å². The highest BCUT2D eigenvalue weighted by Crippen LogP contribution is 1.83. The van der Waals surface area contributed by atoms with E-state index in [2.05, 4.69) is 25.2 Å². The van der Waals surface area contributed by atoms with Gasteiger partial charge in [-0.1, -0.05) is 15.9 Å². The Morgan fingerprint density at radius 3 is 1.50 bits per heavy atom. The summed E-state index contributed by atoms with van der Waals surface area (Å²) in [5.74, 6) is 0. The lowest BCUT2D eigenvalue weighted by molar-refractivity contribution is 1.59.